The van der Waals surface area contributed by atoms with Gasteiger partial charge in [0.1, 0.15) is 0 Å². The summed E-state index contributed by atoms with van der Waals surface area (Å²) in [6, 6.07) is 16.6. The minimum Gasteiger partial charge on any atom is -0.392 e. The molecule has 0 saturated heterocycles. The molecule has 0 aliphatic carbocycles. The molecule has 1 N–H and O–H groups in total. The van der Waals surface area contributed by atoms with Crippen LogP contribution < -0.4 is 0 Å². The zero-order chi connectivity index (χ0) is 14.2. The summed E-state index contributed by atoms with van der Waals surface area (Å²) in [4.78, 5) is 5.93. The molecule has 2 unspecified atom stereocenters. The van der Waals surface area contributed by atoms with Gasteiger partial charge in [0, 0.05) is 16.6 Å². The van der Waals surface area contributed by atoms with Crippen LogP contribution in [0.15, 0.2) is 53.4 Å². The molecule has 1 aromatic heterocycles. The van der Waals surface area contributed by atoms with E-state index in [1.165, 1.54) is 15.2 Å². The van der Waals surface area contributed by atoms with Gasteiger partial charge in [0.15, 0.2) is 0 Å². The molecule has 0 saturated carbocycles. The van der Waals surface area contributed by atoms with Crippen LogP contribution in [0.2, 0.25) is 0 Å². The number of thioether (sulfide) groups is 1. The average Bonchev–Trinajstić information content (AvgIpc) is 3.10. The Hall–Kier alpha value is -1.36. The molecule has 21 heavy (non-hydrogen) atoms. The van der Waals surface area contributed by atoms with Crippen molar-refractivity contribution >= 4 is 33.3 Å². The summed E-state index contributed by atoms with van der Waals surface area (Å²) in [5, 5.41) is 11.8. The molecule has 0 fully saturated rings. The maximum atomic E-state index is 10.5. The van der Waals surface area contributed by atoms with E-state index in [0.29, 0.717) is 6.42 Å². The molecule has 0 spiro atoms. The molecule has 0 bridgehead atoms. The Morgan fingerprint density at radius 3 is 2.81 bits per heavy atom. The van der Waals surface area contributed by atoms with Crippen molar-refractivity contribution in [2.24, 2.45) is 0 Å². The van der Waals surface area contributed by atoms with Gasteiger partial charge in [0.05, 0.1) is 21.3 Å². The Kier molecular flexibility index (Phi) is 3.45. The highest BCUT2D eigenvalue weighted by Gasteiger charge is 2.28. The monoisotopic (exact) mass is 313 g/mol. The lowest BCUT2D eigenvalue weighted by molar-refractivity contribution is 0.172. The van der Waals surface area contributed by atoms with Gasteiger partial charge in [0.2, 0.25) is 0 Å². The molecule has 1 aliphatic rings. The van der Waals surface area contributed by atoms with Crippen molar-refractivity contribution in [3.05, 3.63) is 59.1 Å². The van der Waals surface area contributed by atoms with E-state index in [9.17, 15) is 5.11 Å². The maximum absolute atomic E-state index is 10.5. The number of thiazole rings is 1. The Bertz CT molecular complexity index is 725. The van der Waals surface area contributed by atoms with E-state index in [2.05, 4.69) is 35.3 Å². The van der Waals surface area contributed by atoms with Crippen LogP contribution in [0.5, 0.6) is 0 Å². The fraction of sp³-hybridized carbons (Fsp3) is 0.235. The number of nitrogens with zero attached hydrogens (tertiary/aromatic N) is 1. The number of aromatic nitrogens is 1. The van der Waals surface area contributed by atoms with E-state index in [4.69, 9.17) is 0 Å². The van der Waals surface area contributed by atoms with Crippen molar-refractivity contribution in [2.45, 2.75) is 29.1 Å². The highest BCUT2D eigenvalue weighted by molar-refractivity contribution is 8.00. The molecular weight excluding hydrogens is 298 g/mol. The molecule has 2 aromatic carbocycles. The number of aliphatic hydroxyl groups is 1. The van der Waals surface area contributed by atoms with Crippen LogP contribution in [0.25, 0.3) is 10.2 Å². The standard InChI is InChI=1S/C17H15NOS2/c19-13(16-9-11-5-1-3-7-14(11)20-16)10-17-18-12-6-2-4-8-15(12)21-17/h1-8,13,16,19H,9-10H2. The van der Waals surface area contributed by atoms with Crippen LogP contribution in [0.3, 0.4) is 0 Å². The fourth-order valence-corrected chi connectivity index (χ4v) is 5.06. The fourth-order valence-electron chi connectivity index (χ4n) is 2.74. The molecule has 3 aromatic rings. The van der Waals surface area contributed by atoms with Crippen molar-refractivity contribution in [3.8, 4) is 0 Å². The van der Waals surface area contributed by atoms with Crippen LogP contribution >= 0.6 is 23.1 Å². The smallest absolute Gasteiger partial charge is 0.0964 e. The van der Waals surface area contributed by atoms with E-state index in [1.807, 2.05) is 18.2 Å². The summed E-state index contributed by atoms with van der Waals surface area (Å²) in [5.41, 5.74) is 2.39. The lowest BCUT2D eigenvalue weighted by atomic mass is 10.1. The van der Waals surface area contributed by atoms with Crippen LogP contribution in [0.1, 0.15) is 10.6 Å². The minimum absolute atomic E-state index is 0.245. The van der Waals surface area contributed by atoms with Crippen LogP contribution in [-0.2, 0) is 12.8 Å². The van der Waals surface area contributed by atoms with Gasteiger partial charge in [-0.3, -0.25) is 0 Å². The second-order valence-electron chi connectivity index (χ2n) is 5.31. The van der Waals surface area contributed by atoms with Gasteiger partial charge in [-0.05, 0) is 30.2 Å². The van der Waals surface area contributed by atoms with Gasteiger partial charge in [-0.1, -0.05) is 30.3 Å². The molecule has 0 radical (unpaired) electrons. The highest BCUT2D eigenvalue weighted by atomic mass is 32.2. The zero-order valence-electron chi connectivity index (χ0n) is 11.4. The predicted molar refractivity (Wildman–Crippen MR) is 89.1 cm³/mol. The van der Waals surface area contributed by atoms with E-state index < -0.39 is 0 Å². The third-order valence-electron chi connectivity index (χ3n) is 3.82. The highest BCUT2D eigenvalue weighted by Crippen LogP contribution is 2.39. The third kappa shape index (κ3) is 2.59. The first-order chi connectivity index (χ1) is 10.3. The molecule has 2 atom stereocenters. The van der Waals surface area contributed by atoms with E-state index >= 15 is 0 Å². The van der Waals surface area contributed by atoms with Gasteiger partial charge >= 0.3 is 0 Å². The Balaban J connectivity index is 1.50. The zero-order valence-corrected chi connectivity index (χ0v) is 13.0. The number of hydrogen-bond donors (Lipinski definition) is 1. The Morgan fingerprint density at radius 1 is 1.14 bits per heavy atom. The summed E-state index contributed by atoms with van der Waals surface area (Å²) in [5.74, 6) is 0. The first-order valence-electron chi connectivity index (χ1n) is 7.07. The number of aliphatic hydroxyl groups excluding tert-OH is 1. The molecular formula is C17H15NOS2. The summed E-state index contributed by atoms with van der Waals surface area (Å²) >= 11 is 3.49. The largest absolute Gasteiger partial charge is 0.392 e. The molecule has 0 amide bonds. The second-order valence-corrected chi connectivity index (χ2v) is 7.71. The number of hydrogen-bond acceptors (Lipinski definition) is 4. The summed E-state index contributed by atoms with van der Waals surface area (Å²) < 4.78 is 1.20. The lowest BCUT2D eigenvalue weighted by Gasteiger charge is -2.15. The summed E-state index contributed by atoms with van der Waals surface area (Å²) in [6.45, 7) is 0. The Labute approximate surface area is 131 Å². The predicted octanol–water partition coefficient (Wildman–Crippen LogP) is 3.92. The first kappa shape index (κ1) is 13.3. The Morgan fingerprint density at radius 2 is 1.95 bits per heavy atom. The number of benzene rings is 2. The van der Waals surface area contributed by atoms with Gasteiger partial charge in [-0.2, -0.15) is 0 Å². The summed E-state index contributed by atoms with van der Waals surface area (Å²) in [7, 11) is 0. The third-order valence-corrected chi connectivity index (χ3v) is 6.32. The van der Waals surface area contributed by atoms with Crippen molar-refractivity contribution in [1.29, 1.82) is 0 Å². The van der Waals surface area contributed by atoms with E-state index in [-0.39, 0.29) is 11.4 Å². The minimum atomic E-state index is -0.344. The number of rotatable bonds is 3. The van der Waals surface area contributed by atoms with Crippen molar-refractivity contribution < 1.29 is 5.11 Å². The van der Waals surface area contributed by atoms with E-state index in [0.717, 1.165) is 16.9 Å². The van der Waals surface area contributed by atoms with Crippen molar-refractivity contribution in [2.75, 3.05) is 0 Å². The lowest BCUT2D eigenvalue weighted by Crippen LogP contribution is -2.24. The van der Waals surface area contributed by atoms with Gasteiger partial charge in [-0.25, -0.2) is 4.98 Å². The molecule has 106 valence electrons. The van der Waals surface area contributed by atoms with Crippen molar-refractivity contribution in [3.63, 3.8) is 0 Å². The van der Waals surface area contributed by atoms with Crippen molar-refractivity contribution in [1.82, 2.24) is 4.98 Å². The maximum Gasteiger partial charge on any atom is 0.0964 e. The second kappa shape index (κ2) is 5.44. The topological polar surface area (TPSA) is 33.1 Å². The average molecular weight is 313 g/mol. The molecule has 4 rings (SSSR count). The van der Waals surface area contributed by atoms with Crippen LogP contribution in [0.4, 0.5) is 0 Å². The molecule has 4 heteroatoms. The normalized spacial score (nSPS) is 18.8. The van der Waals surface area contributed by atoms with Crippen LogP contribution in [-0.4, -0.2) is 21.4 Å². The number of para-hydroxylation sites is 1. The van der Waals surface area contributed by atoms with Gasteiger partial charge < -0.3 is 5.11 Å². The van der Waals surface area contributed by atoms with Gasteiger partial charge in [-0.15, -0.1) is 23.1 Å². The first-order valence-corrected chi connectivity index (χ1v) is 8.76. The SMILES string of the molecule is OC(Cc1nc2ccccc2s1)C1Cc2ccccc2S1. The van der Waals surface area contributed by atoms with E-state index in [1.54, 1.807) is 23.1 Å². The molecule has 2 nitrogen and oxygen atoms in total. The number of fused-ring (bicyclic) bond motifs is 2. The molecule has 1 aliphatic heterocycles. The van der Waals surface area contributed by atoms with Gasteiger partial charge in [0.25, 0.3) is 0 Å². The summed E-state index contributed by atoms with van der Waals surface area (Å²) in [6.07, 6.45) is 1.25. The quantitative estimate of drug-likeness (QED) is 0.795. The van der Waals surface area contributed by atoms with Crippen LogP contribution in [0, 0.1) is 0 Å². The molecule has 2 heterocycles.